The summed E-state index contributed by atoms with van der Waals surface area (Å²) in [5, 5.41) is 9.37. The molecule has 10 nitrogen and oxygen atoms in total. The maximum atomic E-state index is 13.6. The van der Waals surface area contributed by atoms with Gasteiger partial charge in [-0.25, -0.2) is 13.9 Å². The SMILES string of the molecule is CC#CCOc1ccc(S(=O)(=O)C2(C(=O)NO)CCN(C(=O)C3(CC)COCOC3)CC2)cc1. The first-order valence-corrected chi connectivity index (χ1v) is 12.5. The molecular weight excluding hydrogens is 464 g/mol. The number of rotatable bonds is 7. The van der Waals surface area contributed by atoms with E-state index in [4.69, 9.17) is 14.2 Å². The zero-order valence-corrected chi connectivity index (χ0v) is 20.2. The maximum absolute atomic E-state index is 13.6. The molecule has 0 bridgehead atoms. The molecular formula is C23H30N2O8S. The standard InChI is InChI=1S/C23H30N2O8S/c1-3-5-14-33-18-6-8-19(9-7-18)34(29,30)23(20(26)24-28)10-12-25(13-11-23)21(27)22(4-2)15-31-17-32-16-22/h6-9,28H,4,10-17H2,1-2H3,(H,24,26). The zero-order chi connectivity index (χ0) is 24.8. The molecule has 1 aromatic carbocycles. The van der Waals surface area contributed by atoms with E-state index in [2.05, 4.69) is 11.8 Å². The molecule has 2 aliphatic heterocycles. The number of likely N-dealkylation sites (tertiary alicyclic amines) is 1. The summed E-state index contributed by atoms with van der Waals surface area (Å²) in [5.74, 6) is 4.67. The van der Waals surface area contributed by atoms with Crippen molar-refractivity contribution in [2.24, 2.45) is 5.41 Å². The molecule has 1 aromatic rings. The summed E-state index contributed by atoms with van der Waals surface area (Å²) in [7, 11) is -4.21. The van der Waals surface area contributed by atoms with Crippen LogP contribution in [0.3, 0.4) is 0 Å². The first-order valence-electron chi connectivity index (χ1n) is 11.0. The van der Waals surface area contributed by atoms with Gasteiger partial charge in [0.05, 0.1) is 23.5 Å². The molecule has 2 heterocycles. The smallest absolute Gasteiger partial charge is 0.265 e. The molecule has 0 radical (unpaired) electrons. The predicted molar refractivity (Wildman–Crippen MR) is 121 cm³/mol. The average Bonchev–Trinajstić information content (AvgIpc) is 2.88. The number of piperidine rings is 1. The monoisotopic (exact) mass is 494 g/mol. The first-order chi connectivity index (χ1) is 16.3. The Morgan fingerprint density at radius 1 is 1.18 bits per heavy atom. The molecule has 34 heavy (non-hydrogen) atoms. The highest BCUT2D eigenvalue weighted by Crippen LogP contribution is 2.38. The van der Waals surface area contributed by atoms with Gasteiger partial charge in [0.15, 0.2) is 14.6 Å². The molecule has 2 fully saturated rings. The van der Waals surface area contributed by atoms with Crippen molar-refractivity contribution < 1.29 is 37.4 Å². The van der Waals surface area contributed by atoms with Crippen LogP contribution in [0.5, 0.6) is 5.75 Å². The third-order valence-corrected chi connectivity index (χ3v) is 9.08. The fourth-order valence-electron chi connectivity index (χ4n) is 4.31. The fourth-order valence-corrected chi connectivity index (χ4v) is 6.27. The van der Waals surface area contributed by atoms with Gasteiger partial charge in [0.25, 0.3) is 5.91 Å². The number of carbonyl (C=O) groups is 2. The molecule has 11 heteroatoms. The fraction of sp³-hybridized carbons (Fsp3) is 0.565. The van der Waals surface area contributed by atoms with Gasteiger partial charge >= 0.3 is 0 Å². The lowest BCUT2D eigenvalue weighted by Crippen LogP contribution is -2.60. The molecule has 0 aromatic heterocycles. The van der Waals surface area contributed by atoms with Crippen LogP contribution in [0.25, 0.3) is 0 Å². The number of carbonyl (C=O) groups excluding carboxylic acids is 2. The highest BCUT2D eigenvalue weighted by atomic mass is 32.2. The first kappa shape index (κ1) is 26.0. The van der Waals surface area contributed by atoms with Gasteiger partial charge in [-0.15, -0.1) is 5.92 Å². The lowest BCUT2D eigenvalue weighted by molar-refractivity contribution is -0.187. The molecule has 0 atom stereocenters. The van der Waals surface area contributed by atoms with Gasteiger partial charge in [-0.2, -0.15) is 0 Å². The number of benzene rings is 1. The van der Waals surface area contributed by atoms with Crippen LogP contribution in [0.1, 0.15) is 33.1 Å². The molecule has 2 saturated heterocycles. The molecule has 3 rings (SSSR count). The van der Waals surface area contributed by atoms with Crippen molar-refractivity contribution in [1.29, 1.82) is 0 Å². The Labute approximate surface area is 199 Å². The normalized spacial score (nSPS) is 19.4. The number of ether oxygens (including phenoxy) is 3. The average molecular weight is 495 g/mol. The third kappa shape index (κ3) is 4.77. The van der Waals surface area contributed by atoms with Crippen LogP contribution in [-0.4, -0.2) is 74.8 Å². The van der Waals surface area contributed by atoms with Crippen molar-refractivity contribution in [1.82, 2.24) is 10.4 Å². The van der Waals surface area contributed by atoms with E-state index < -0.39 is 25.9 Å². The van der Waals surface area contributed by atoms with Gasteiger partial charge < -0.3 is 19.1 Å². The summed E-state index contributed by atoms with van der Waals surface area (Å²) in [6, 6.07) is 5.69. The lowest BCUT2D eigenvalue weighted by atomic mass is 9.83. The summed E-state index contributed by atoms with van der Waals surface area (Å²) in [4.78, 5) is 27.5. The number of nitrogens with one attached hydrogen (secondary N) is 1. The largest absolute Gasteiger partial charge is 0.481 e. The minimum Gasteiger partial charge on any atom is -0.481 e. The van der Waals surface area contributed by atoms with Crippen molar-refractivity contribution in [2.45, 2.75) is 42.8 Å². The highest BCUT2D eigenvalue weighted by Gasteiger charge is 2.54. The number of sulfone groups is 1. The summed E-state index contributed by atoms with van der Waals surface area (Å²) in [6.07, 6.45) is 0.166. The molecule has 0 aliphatic carbocycles. The van der Waals surface area contributed by atoms with Gasteiger partial charge in [-0.05, 0) is 50.5 Å². The second-order valence-electron chi connectivity index (χ2n) is 8.37. The molecule has 0 spiro atoms. The van der Waals surface area contributed by atoms with Gasteiger partial charge in [-0.3, -0.25) is 14.8 Å². The van der Waals surface area contributed by atoms with Crippen LogP contribution in [0.15, 0.2) is 29.2 Å². The minimum absolute atomic E-state index is 0.0319. The van der Waals surface area contributed by atoms with E-state index >= 15 is 0 Å². The minimum atomic E-state index is -4.21. The highest BCUT2D eigenvalue weighted by molar-refractivity contribution is 7.93. The number of amides is 2. The Morgan fingerprint density at radius 2 is 1.79 bits per heavy atom. The van der Waals surface area contributed by atoms with Crippen LogP contribution in [0, 0.1) is 17.3 Å². The van der Waals surface area contributed by atoms with Gasteiger partial charge in [0, 0.05) is 13.1 Å². The molecule has 186 valence electrons. The van der Waals surface area contributed by atoms with E-state index in [0.717, 1.165) is 0 Å². The Hall–Kier alpha value is -2.65. The Bertz CT molecular complexity index is 1040. The predicted octanol–water partition coefficient (Wildman–Crippen LogP) is 1.13. The Balaban J connectivity index is 1.82. The quantitative estimate of drug-likeness (QED) is 0.328. The molecule has 0 saturated carbocycles. The van der Waals surface area contributed by atoms with Crippen molar-refractivity contribution in [3.8, 4) is 17.6 Å². The maximum Gasteiger partial charge on any atom is 0.265 e. The molecule has 0 unspecified atom stereocenters. The zero-order valence-electron chi connectivity index (χ0n) is 19.3. The second kappa shape index (κ2) is 10.7. The van der Waals surface area contributed by atoms with Gasteiger partial charge in [-0.1, -0.05) is 12.8 Å². The number of hydroxylamine groups is 1. The summed E-state index contributed by atoms with van der Waals surface area (Å²) in [5.41, 5.74) is 0.683. The summed E-state index contributed by atoms with van der Waals surface area (Å²) in [6.45, 7) is 4.35. The van der Waals surface area contributed by atoms with Crippen LogP contribution < -0.4 is 10.2 Å². The van der Waals surface area contributed by atoms with E-state index in [9.17, 15) is 23.2 Å². The second-order valence-corrected chi connectivity index (χ2v) is 10.6. The third-order valence-electron chi connectivity index (χ3n) is 6.56. The topological polar surface area (TPSA) is 131 Å². The van der Waals surface area contributed by atoms with E-state index in [1.54, 1.807) is 11.8 Å². The van der Waals surface area contributed by atoms with Crippen LogP contribution in [0.2, 0.25) is 0 Å². The number of nitrogens with zero attached hydrogens (tertiary/aromatic N) is 1. The van der Waals surface area contributed by atoms with Gasteiger partial charge in [0.2, 0.25) is 5.91 Å². The van der Waals surface area contributed by atoms with E-state index in [0.29, 0.717) is 12.2 Å². The van der Waals surface area contributed by atoms with E-state index in [1.165, 1.54) is 29.7 Å². The molecule has 2 N–H and O–H groups in total. The van der Waals surface area contributed by atoms with Crippen molar-refractivity contribution >= 4 is 21.7 Å². The van der Waals surface area contributed by atoms with E-state index in [1.807, 2.05) is 6.92 Å². The van der Waals surface area contributed by atoms with Crippen LogP contribution >= 0.6 is 0 Å². The van der Waals surface area contributed by atoms with E-state index in [-0.39, 0.29) is 63.3 Å². The Morgan fingerprint density at radius 3 is 2.32 bits per heavy atom. The van der Waals surface area contributed by atoms with Crippen molar-refractivity contribution in [3.05, 3.63) is 24.3 Å². The molecule has 2 amide bonds. The Kier molecular flexibility index (Phi) is 8.20. The lowest BCUT2D eigenvalue weighted by Gasteiger charge is -2.43. The van der Waals surface area contributed by atoms with Crippen molar-refractivity contribution in [2.75, 3.05) is 39.7 Å². The molecule has 2 aliphatic rings. The van der Waals surface area contributed by atoms with Crippen LogP contribution in [-0.2, 0) is 28.9 Å². The van der Waals surface area contributed by atoms with Crippen molar-refractivity contribution in [3.63, 3.8) is 0 Å². The van der Waals surface area contributed by atoms with Crippen LogP contribution in [0.4, 0.5) is 0 Å². The number of hydrogen-bond donors (Lipinski definition) is 2. The summed E-state index contributed by atoms with van der Waals surface area (Å²) >= 11 is 0. The number of hydrogen-bond acceptors (Lipinski definition) is 8. The summed E-state index contributed by atoms with van der Waals surface area (Å²) < 4.78 is 41.4. The van der Waals surface area contributed by atoms with Gasteiger partial charge in [0.1, 0.15) is 19.1 Å².